The van der Waals surface area contributed by atoms with Crippen molar-refractivity contribution in [2.45, 2.75) is 0 Å². The predicted molar refractivity (Wildman–Crippen MR) is 53.7 cm³/mol. The maximum Gasteiger partial charge on any atom is 0.328 e. The van der Waals surface area contributed by atoms with Gasteiger partial charge >= 0.3 is 5.69 Å². The van der Waals surface area contributed by atoms with E-state index >= 15 is 0 Å². The van der Waals surface area contributed by atoms with Gasteiger partial charge in [0, 0.05) is 13.3 Å². The molecule has 0 bridgehead atoms. The first-order valence-electron chi connectivity index (χ1n) is 4.19. The Bertz CT molecular complexity index is 460. The highest BCUT2D eigenvalue weighted by atomic mass is 16.5. The lowest BCUT2D eigenvalue weighted by atomic mass is 10.3. The summed E-state index contributed by atoms with van der Waals surface area (Å²) in [7, 11) is 1.53. The van der Waals surface area contributed by atoms with Gasteiger partial charge in [0.2, 0.25) is 5.88 Å². The highest BCUT2D eigenvalue weighted by Crippen LogP contribution is 2.00. The Kier molecular flexibility index (Phi) is 3.81. The van der Waals surface area contributed by atoms with E-state index in [1.165, 1.54) is 13.3 Å². The van der Waals surface area contributed by atoms with Crippen molar-refractivity contribution in [2.24, 2.45) is 4.99 Å². The number of aromatic hydroxyl groups is 1. The van der Waals surface area contributed by atoms with E-state index in [1.54, 1.807) is 0 Å². The topological polar surface area (TPSA) is 108 Å². The van der Waals surface area contributed by atoms with Gasteiger partial charge in [0.15, 0.2) is 0 Å². The molecule has 0 saturated heterocycles. The molecule has 1 rings (SSSR count). The lowest BCUT2D eigenvalue weighted by Crippen LogP contribution is -2.24. The summed E-state index contributed by atoms with van der Waals surface area (Å²) in [6, 6.07) is 0. The largest absolute Gasteiger partial charge is 0.494 e. The van der Waals surface area contributed by atoms with Crippen molar-refractivity contribution in [3.8, 4) is 5.88 Å². The molecule has 0 aromatic carbocycles. The van der Waals surface area contributed by atoms with Crippen LogP contribution in [0.3, 0.4) is 0 Å². The average molecular weight is 213 g/mol. The van der Waals surface area contributed by atoms with Crippen LogP contribution < -0.4 is 11.2 Å². The van der Waals surface area contributed by atoms with Gasteiger partial charge in [-0.2, -0.15) is 0 Å². The molecule has 0 unspecified atom stereocenters. The smallest absolute Gasteiger partial charge is 0.328 e. The second kappa shape index (κ2) is 5.11. The first kappa shape index (κ1) is 11.2. The number of rotatable bonds is 4. The molecule has 0 aliphatic heterocycles. The number of hydrogen-bond donors (Lipinski definition) is 3. The summed E-state index contributed by atoms with van der Waals surface area (Å²) < 4.78 is 4.74. The maximum atomic E-state index is 11.2. The monoisotopic (exact) mass is 213 g/mol. The van der Waals surface area contributed by atoms with E-state index < -0.39 is 17.1 Å². The molecular weight excluding hydrogens is 202 g/mol. The van der Waals surface area contributed by atoms with Crippen molar-refractivity contribution >= 4 is 6.21 Å². The number of ether oxygens (including phenoxy) is 1. The number of aromatic nitrogens is 2. The van der Waals surface area contributed by atoms with Gasteiger partial charge in [-0.05, 0) is 0 Å². The number of H-pyrrole nitrogens is 2. The third-order valence-corrected chi connectivity index (χ3v) is 1.60. The maximum absolute atomic E-state index is 11.2. The average Bonchev–Trinajstić information content (AvgIpc) is 2.15. The molecular formula is C8H11N3O4. The number of hydrogen-bond acceptors (Lipinski definition) is 5. The van der Waals surface area contributed by atoms with Gasteiger partial charge < -0.3 is 9.84 Å². The zero-order valence-electron chi connectivity index (χ0n) is 8.11. The lowest BCUT2D eigenvalue weighted by molar-refractivity contribution is 0.208. The van der Waals surface area contributed by atoms with Crippen LogP contribution in [0.1, 0.15) is 5.56 Å². The van der Waals surface area contributed by atoms with Crippen LogP contribution in [0.5, 0.6) is 5.88 Å². The van der Waals surface area contributed by atoms with E-state index in [0.29, 0.717) is 13.2 Å². The van der Waals surface area contributed by atoms with Crippen LogP contribution in [0.2, 0.25) is 0 Å². The Hall–Kier alpha value is -1.89. The second-order valence-electron chi connectivity index (χ2n) is 2.70. The molecule has 0 aliphatic rings. The molecule has 7 heteroatoms. The Morgan fingerprint density at radius 1 is 1.47 bits per heavy atom. The highest BCUT2D eigenvalue weighted by molar-refractivity contribution is 5.81. The quantitative estimate of drug-likeness (QED) is 0.432. The Labute approximate surface area is 84.5 Å². The SMILES string of the molecule is COCCN=Cc1c(O)[nH]c(=O)[nH]c1=O. The molecule has 1 heterocycles. The minimum Gasteiger partial charge on any atom is -0.494 e. The number of aromatic amines is 2. The molecule has 0 saturated carbocycles. The van der Waals surface area contributed by atoms with E-state index in [-0.39, 0.29) is 5.56 Å². The summed E-state index contributed by atoms with van der Waals surface area (Å²) in [6.07, 6.45) is 1.18. The van der Waals surface area contributed by atoms with E-state index in [9.17, 15) is 14.7 Å². The first-order valence-corrected chi connectivity index (χ1v) is 4.19. The summed E-state index contributed by atoms with van der Waals surface area (Å²) >= 11 is 0. The minimum atomic E-state index is -0.758. The molecule has 0 fully saturated rings. The van der Waals surface area contributed by atoms with Crippen LogP contribution in [0, 0.1) is 0 Å². The van der Waals surface area contributed by atoms with E-state index in [1.807, 2.05) is 9.97 Å². The number of aliphatic imine (C=N–C) groups is 1. The van der Waals surface area contributed by atoms with Crippen LogP contribution in [0.4, 0.5) is 0 Å². The fourth-order valence-electron chi connectivity index (χ4n) is 0.904. The first-order chi connectivity index (χ1) is 7.15. The van der Waals surface area contributed by atoms with Gasteiger partial charge in [0.1, 0.15) is 5.56 Å². The van der Waals surface area contributed by atoms with E-state index in [0.717, 1.165) is 0 Å². The van der Waals surface area contributed by atoms with Gasteiger partial charge in [-0.3, -0.25) is 19.8 Å². The van der Waals surface area contributed by atoms with Gasteiger partial charge in [0.05, 0.1) is 13.2 Å². The lowest BCUT2D eigenvalue weighted by Gasteiger charge is -1.96. The van der Waals surface area contributed by atoms with E-state index in [4.69, 9.17) is 4.74 Å². The van der Waals surface area contributed by atoms with Crippen molar-refractivity contribution in [3.63, 3.8) is 0 Å². The van der Waals surface area contributed by atoms with Gasteiger partial charge in [-0.25, -0.2) is 4.79 Å². The summed E-state index contributed by atoms with van der Waals surface area (Å²) in [5.74, 6) is -0.495. The van der Waals surface area contributed by atoms with Crippen LogP contribution >= 0.6 is 0 Å². The van der Waals surface area contributed by atoms with Crippen molar-refractivity contribution in [1.29, 1.82) is 0 Å². The van der Waals surface area contributed by atoms with Gasteiger partial charge in [-0.15, -0.1) is 0 Å². The summed E-state index contributed by atoms with van der Waals surface area (Å²) in [4.78, 5) is 29.7. The molecule has 7 nitrogen and oxygen atoms in total. The Balaban J connectivity index is 2.90. The molecule has 0 amide bonds. The third kappa shape index (κ3) is 3.06. The summed E-state index contributed by atoms with van der Waals surface area (Å²) in [5.41, 5.74) is -1.52. The normalized spacial score (nSPS) is 11.0. The van der Waals surface area contributed by atoms with Crippen molar-refractivity contribution in [3.05, 3.63) is 26.4 Å². The molecule has 3 N–H and O–H groups in total. The fraction of sp³-hybridized carbons (Fsp3) is 0.375. The van der Waals surface area contributed by atoms with Gasteiger partial charge in [0.25, 0.3) is 5.56 Å². The molecule has 0 atom stereocenters. The highest BCUT2D eigenvalue weighted by Gasteiger charge is 2.04. The predicted octanol–water partition coefficient (Wildman–Crippen LogP) is -1.17. The summed E-state index contributed by atoms with van der Waals surface area (Å²) in [6.45, 7) is 0.785. The van der Waals surface area contributed by atoms with Crippen molar-refractivity contribution in [1.82, 2.24) is 9.97 Å². The molecule has 82 valence electrons. The van der Waals surface area contributed by atoms with Gasteiger partial charge in [-0.1, -0.05) is 0 Å². The van der Waals surface area contributed by atoms with Crippen molar-refractivity contribution < 1.29 is 9.84 Å². The molecule has 0 radical (unpaired) electrons. The van der Waals surface area contributed by atoms with Crippen LogP contribution in [-0.2, 0) is 4.74 Å². The molecule has 15 heavy (non-hydrogen) atoms. The zero-order chi connectivity index (χ0) is 11.3. The molecule has 1 aromatic rings. The number of nitrogens with zero attached hydrogens (tertiary/aromatic N) is 1. The molecule has 1 aromatic heterocycles. The van der Waals surface area contributed by atoms with Crippen LogP contribution in [0.25, 0.3) is 0 Å². The number of methoxy groups -OCH3 is 1. The minimum absolute atomic E-state index is 0.0781. The fourth-order valence-corrected chi connectivity index (χ4v) is 0.904. The standard InChI is InChI=1S/C8H11N3O4/c1-15-3-2-9-4-5-6(12)10-8(14)11-7(5)13/h4H,2-3H2,1H3,(H3,10,11,12,13,14). The zero-order valence-corrected chi connectivity index (χ0v) is 8.11. The van der Waals surface area contributed by atoms with Crippen LogP contribution in [-0.4, -0.2) is 41.6 Å². The van der Waals surface area contributed by atoms with Crippen LogP contribution in [0.15, 0.2) is 14.6 Å². The molecule has 0 spiro atoms. The van der Waals surface area contributed by atoms with Crippen molar-refractivity contribution in [2.75, 3.05) is 20.3 Å². The third-order valence-electron chi connectivity index (χ3n) is 1.60. The Morgan fingerprint density at radius 3 is 2.80 bits per heavy atom. The second-order valence-corrected chi connectivity index (χ2v) is 2.70. The summed E-state index contributed by atoms with van der Waals surface area (Å²) in [5, 5.41) is 9.23. The van der Waals surface area contributed by atoms with E-state index in [2.05, 4.69) is 4.99 Å². The Morgan fingerprint density at radius 2 is 2.20 bits per heavy atom. The number of nitrogens with one attached hydrogen (secondary N) is 2. The molecule has 0 aliphatic carbocycles.